The summed E-state index contributed by atoms with van der Waals surface area (Å²) in [6.07, 6.45) is -2.30. The zero-order valence-corrected chi connectivity index (χ0v) is 16.7. The number of benzene rings is 1. The highest BCUT2D eigenvalue weighted by molar-refractivity contribution is 6.04. The summed E-state index contributed by atoms with van der Waals surface area (Å²) in [5.41, 5.74) is 0.628. The van der Waals surface area contributed by atoms with Gasteiger partial charge < -0.3 is 15.2 Å². The second kappa shape index (κ2) is 7.40. The van der Waals surface area contributed by atoms with Crippen molar-refractivity contribution < 1.29 is 18.0 Å². The van der Waals surface area contributed by atoms with Crippen LogP contribution >= 0.6 is 0 Å². The molecule has 4 heterocycles. The maximum atomic E-state index is 13.2. The van der Waals surface area contributed by atoms with Gasteiger partial charge in [0.1, 0.15) is 0 Å². The molecule has 0 aliphatic carbocycles. The van der Waals surface area contributed by atoms with Crippen LogP contribution in [0.4, 0.5) is 35.2 Å². The SMILES string of the molecule is O=C(Nc1cc[nH]c(=O)c1)N1c2nc(-c3cccc(C(F)(F)F)c3)ccc2N2CC[C@H]1C2. The third-order valence-electron chi connectivity index (χ3n) is 5.68. The molecular formula is C22H18F3N5O2. The van der Waals surface area contributed by atoms with Crippen molar-refractivity contribution in [3.8, 4) is 11.3 Å². The summed E-state index contributed by atoms with van der Waals surface area (Å²) in [5, 5.41) is 2.72. The van der Waals surface area contributed by atoms with Gasteiger partial charge in [0, 0.05) is 36.6 Å². The summed E-state index contributed by atoms with van der Waals surface area (Å²) in [4.78, 5) is 35.4. The molecule has 10 heteroatoms. The van der Waals surface area contributed by atoms with Gasteiger partial charge in [0.25, 0.3) is 0 Å². The van der Waals surface area contributed by atoms with Gasteiger partial charge in [0.05, 0.1) is 23.0 Å². The molecule has 2 aromatic heterocycles. The zero-order chi connectivity index (χ0) is 22.5. The molecular weight excluding hydrogens is 423 g/mol. The maximum absolute atomic E-state index is 13.2. The van der Waals surface area contributed by atoms with Crippen molar-refractivity contribution >= 4 is 23.2 Å². The Kier molecular flexibility index (Phi) is 4.65. The number of hydrogen-bond donors (Lipinski definition) is 2. The van der Waals surface area contributed by atoms with Gasteiger partial charge in [-0.05, 0) is 36.8 Å². The summed E-state index contributed by atoms with van der Waals surface area (Å²) in [6.45, 7) is 1.39. The second-order valence-corrected chi connectivity index (χ2v) is 7.75. The predicted molar refractivity (Wildman–Crippen MR) is 114 cm³/mol. The van der Waals surface area contributed by atoms with E-state index in [1.54, 1.807) is 24.3 Å². The average Bonchev–Trinajstić information content (AvgIpc) is 3.17. The van der Waals surface area contributed by atoms with Crippen LogP contribution in [0.1, 0.15) is 12.0 Å². The molecule has 2 aliphatic rings. The molecule has 2 N–H and O–H groups in total. The van der Waals surface area contributed by atoms with Crippen LogP contribution in [0.3, 0.4) is 0 Å². The average molecular weight is 441 g/mol. The quantitative estimate of drug-likeness (QED) is 0.628. The molecule has 7 nitrogen and oxygen atoms in total. The molecule has 2 aliphatic heterocycles. The number of amides is 2. The molecule has 2 amide bonds. The van der Waals surface area contributed by atoms with Crippen LogP contribution in [0.5, 0.6) is 0 Å². The minimum absolute atomic E-state index is 0.131. The highest BCUT2D eigenvalue weighted by Crippen LogP contribution is 2.41. The second-order valence-electron chi connectivity index (χ2n) is 7.75. The van der Waals surface area contributed by atoms with E-state index in [4.69, 9.17) is 0 Å². The molecule has 5 rings (SSSR count). The smallest absolute Gasteiger partial charge is 0.366 e. The predicted octanol–water partition coefficient (Wildman–Crippen LogP) is 4.09. The summed E-state index contributed by atoms with van der Waals surface area (Å²) in [7, 11) is 0. The lowest BCUT2D eigenvalue weighted by Crippen LogP contribution is -2.48. The van der Waals surface area contributed by atoms with Gasteiger partial charge in [-0.1, -0.05) is 12.1 Å². The lowest BCUT2D eigenvalue weighted by atomic mass is 10.1. The van der Waals surface area contributed by atoms with Crippen molar-refractivity contribution in [1.82, 2.24) is 9.97 Å². The molecule has 1 fully saturated rings. The molecule has 3 aromatic rings. The van der Waals surface area contributed by atoms with E-state index in [0.29, 0.717) is 29.3 Å². The van der Waals surface area contributed by atoms with Crippen molar-refractivity contribution in [2.24, 2.45) is 0 Å². The molecule has 0 spiro atoms. The van der Waals surface area contributed by atoms with Crippen molar-refractivity contribution in [2.75, 3.05) is 28.2 Å². The summed E-state index contributed by atoms with van der Waals surface area (Å²) in [5.74, 6) is 0.385. The van der Waals surface area contributed by atoms with Crippen LogP contribution < -0.4 is 20.7 Å². The number of aromatic amines is 1. The molecule has 0 saturated carbocycles. The van der Waals surface area contributed by atoms with Gasteiger partial charge in [-0.2, -0.15) is 13.2 Å². The molecule has 0 unspecified atom stereocenters. The molecule has 2 bridgehead atoms. The first-order valence-corrected chi connectivity index (χ1v) is 10.0. The number of nitrogens with zero attached hydrogens (tertiary/aromatic N) is 3. The van der Waals surface area contributed by atoms with E-state index in [-0.39, 0.29) is 11.6 Å². The summed E-state index contributed by atoms with van der Waals surface area (Å²) < 4.78 is 39.5. The maximum Gasteiger partial charge on any atom is 0.416 e. The number of carbonyl (C=O) groups is 1. The number of alkyl halides is 3. The highest BCUT2D eigenvalue weighted by Gasteiger charge is 2.40. The highest BCUT2D eigenvalue weighted by atomic mass is 19.4. The first-order chi connectivity index (χ1) is 15.3. The Morgan fingerprint density at radius 3 is 2.78 bits per heavy atom. The summed E-state index contributed by atoms with van der Waals surface area (Å²) in [6, 6.07) is 10.7. The van der Waals surface area contributed by atoms with Crippen LogP contribution in [0.2, 0.25) is 0 Å². The van der Waals surface area contributed by atoms with Crippen LogP contribution in [-0.4, -0.2) is 35.1 Å². The number of pyridine rings is 2. The van der Waals surface area contributed by atoms with Crippen LogP contribution in [0, 0.1) is 0 Å². The number of H-pyrrole nitrogens is 1. The number of hydrogen-bond acceptors (Lipinski definition) is 4. The number of urea groups is 1. The van der Waals surface area contributed by atoms with E-state index in [1.807, 2.05) is 0 Å². The number of fused-ring (bicyclic) bond motifs is 4. The fourth-order valence-electron chi connectivity index (χ4n) is 4.19. The van der Waals surface area contributed by atoms with Gasteiger partial charge in [-0.15, -0.1) is 0 Å². The Morgan fingerprint density at radius 2 is 2.00 bits per heavy atom. The van der Waals surface area contributed by atoms with E-state index in [0.717, 1.165) is 30.8 Å². The minimum atomic E-state index is -4.46. The summed E-state index contributed by atoms with van der Waals surface area (Å²) >= 11 is 0. The van der Waals surface area contributed by atoms with E-state index in [9.17, 15) is 22.8 Å². The standard InChI is InChI=1S/C22H18F3N5O2/c23-22(24,25)14-3-1-2-13(10-14)17-4-5-18-20(28-17)30(16-7-9-29(18)12-16)21(32)27-15-6-8-26-19(31)11-15/h1-6,8,10-11,16H,7,9,12H2,(H2,26,27,31,32)/t16-/m0/s1. The molecule has 1 saturated heterocycles. The number of rotatable bonds is 2. The van der Waals surface area contributed by atoms with E-state index < -0.39 is 17.8 Å². The van der Waals surface area contributed by atoms with Crippen LogP contribution in [0.15, 0.2) is 59.5 Å². The molecule has 0 radical (unpaired) electrons. The third kappa shape index (κ3) is 3.57. The number of halogens is 3. The van der Waals surface area contributed by atoms with Gasteiger partial charge >= 0.3 is 12.2 Å². The Bertz CT molecular complexity index is 1260. The van der Waals surface area contributed by atoms with Gasteiger partial charge in [0.2, 0.25) is 5.56 Å². The molecule has 1 aromatic carbocycles. The Balaban J connectivity index is 1.54. The first kappa shape index (κ1) is 20.1. The normalized spacial score (nSPS) is 17.3. The fourth-order valence-corrected chi connectivity index (χ4v) is 4.19. The lowest BCUT2D eigenvalue weighted by molar-refractivity contribution is -0.137. The van der Waals surface area contributed by atoms with Crippen molar-refractivity contribution in [1.29, 1.82) is 0 Å². The van der Waals surface area contributed by atoms with Crippen molar-refractivity contribution in [3.05, 3.63) is 70.6 Å². The monoisotopic (exact) mass is 441 g/mol. The van der Waals surface area contributed by atoms with Crippen molar-refractivity contribution in [2.45, 2.75) is 18.6 Å². The van der Waals surface area contributed by atoms with Crippen molar-refractivity contribution in [3.63, 3.8) is 0 Å². The van der Waals surface area contributed by atoms with Gasteiger partial charge in [-0.25, -0.2) is 9.78 Å². The number of nitrogens with one attached hydrogen (secondary N) is 2. The Morgan fingerprint density at radius 1 is 1.16 bits per heavy atom. The van der Waals surface area contributed by atoms with Crippen LogP contribution in [0.25, 0.3) is 11.3 Å². The number of carbonyl (C=O) groups excluding carboxylic acids is 1. The van der Waals surface area contributed by atoms with Gasteiger partial charge in [-0.3, -0.25) is 9.69 Å². The Labute approximate surface area is 180 Å². The molecule has 1 atom stereocenters. The fraction of sp³-hybridized carbons (Fsp3) is 0.227. The van der Waals surface area contributed by atoms with Crippen LogP contribution in [-0.2, 0) is 6.18 Å². The third-order valence-corrected chi connectivity index (χ3v) is 5.68. The zero-order valence-electron chi connectivity index (χ0n) is 16.7. The van der Waals surface area contributed by atoms with E-state index in [1.165, 1.54) is 23.2 Å². The first-order valence-electron chi connectivity index (χ1n) is 10.0. The van der Waals surface area contributed by atoms with E-state index >= 15 is 0 Å². The largest absolute Gasteiger partial charge is 0.416 e. The number of aromatic nitrogens is 2. The Hall–Kier alpha value is -3.82. The van der Waals surface area contributed by atoms with E-state index in [2.05, 4.69) is 20.2 Å². The molecule has 164 valence electrons. The molecule has 32 heavy (non-hydrogen) atoms. The lowest BCUT2D eigenvalue weighted by Gasteiger charge is -2.36. The van der Waals surface area contributed by atoms with Gasteiger partial charge in [0.15, 0.2) is 5.82 Å². The minimum Gasteiger partial charge on any atom is -0.366 e. The topological polar surface area (TPSA) is 81.3 Å². The number of anilines is 3.